The molecule has 0 saturated heterocycles. The molecule has 0 amide bonds. The summed E-state index contributed by atoms with van der Waals surface area (Å²) in [7, 11) is 0. The number of fused-ring (bicyclic) bond motifs is 1. The highest BCUT2D eigenvalue weighted by Crippen LogP contribution is 2.47. The van der Waals surface area contributed by atoms with E-state index in [4.69, 9.17) is 4.74 Å². The molecule has 0 radical (unpaired) electrons. The first-order chi connectivity index (χ1) is 8.02. The smallest absolute Gasteiger partial charge is 0.170 e. The van der Waals surface area contributed by atoms with E-state index in [-0.39, 0.29) is 11.4 Å². The molecule has 1 aliphatic heterocycles. The van der Waals surface area contributed by atoms with Crippen molar-refractivity contribution in [2.75, 3.05) is 0 Å². The van der Waals surface area contributed by atoms with E-state index in [1.807, 2.05) is 6.92 Å². The highest BCUT2D eigenvalue weighted by molar-refractivity contribution is 6.02. The minimum absolute atomic E-state index is 0.158. The maximum atomic E-state index is 12.3. The number of carbonyl (C=O) groups excluding carboxylic acids is 1. The Bertz CT molecular complexity index is 510. The molecule has 0 N–H and O–H groups in total. The first-order valence-corrected chi connectivity index (χ1v) is 6.35. The van der Waals surface area contributed by atoms with Crippen LogP contribution in [0.25, 0.3) is 0 Å². The molecule has 0 atom stereocenters. The molecule has 17 heavy (non-hydrogen) atoms. The van der Waals surface area contributed by atoms with Crippen LogP contribution in [0.15, 0.2) is 6.07 Å². The van der Waals surface area contributed by atoms with E-state index in [2.05, 4.69) is 19.9 Å². The fourth-order valence-corrected chi connectivity index (χ4v) is 3.01. The predicted octanol–water partition coefficient (Wildman–Crippen LogP) is 3.50. The van der Waals surface area contributed by atoms with Gasteiger partial charge in [-0.15, -0.1) is 0 Å². The largest absolute Gasteiger partial charge is 0.486 e. The van der Waals surface area contributed by atoms with Crippen LogP contribution >= 0.6 is 0 Å². The Labute approximate surface area is 102 Å². The van der Waals surface area contributed by atoms with Gasteiger partial charge in [0, 0.05) is 0 Å². The summed E-state index contributed by atoms with van der Waals surface area (Å²) >= 11 is 0. The monoisotopic (exact) mass is 230 g/mol. The second kappa shape index (κ2) is 3.34. The zero-order valence-electron chi connectivity index (χ0n) is 10.7. The minimum atomic E-state index is -0.158. The van der Waals surface area contributed by atoms with Gasteiger partial charge < -0.3 is 4.74 Å². The zero-order valence-corrected chi connectivity index (χ0v) is 10.7. The van der Waals surface area contributed by atoms with Crippen LogP contribution in [0.3, 0.4) is 0 Å². The van der Waals surface area contributed by atoms with E-state index >= 15 is 0 Å². The maximum absolute atomic E-state index is 12.3. The summed E-state index contributed by atoms with van der Waals surface area (Å²) in [5.41, 5.74) is 4.07. The minimum Gasteiger partial charge on any atom is -0.486 e. The lowest BCUT2D eigenvalue weighted by Crippen LogP contribution is -2.48. The van der Waals surface area contributed by atoms with Crippen LogP contribution in [-0.2, 0) is 0 Å². The number of hydrogen-bond donors (Lipinski definition) is 0. The third kappa shape index (κ3) is 1.43. The van der Waals surface area contributed by atoms with Crippen molar-refractivity contribution in [3.8, 4) is 5.75 Å². The molecule has 0 unspecified atom stereocenters. The summed E-state index contributed by atoms with van der Waals surface area (Å²) in [5.74, 6) is 1.13. The van der Waals surface area contributed by atoms with Gasteiger partial charge in [0.15, 0.2) is 5.78 Å². The Hall–Kier alpha value is -1.31. The molecule has 2 heteroatoms. The zero-order chi connectivity index (χ0) is 12.2. The number of hydrogen-bond acceptors (Lipinski definition) is 2. The highest BCUT2D eigenvalue weighted by atomic mass is 16.5. The fraction of sp³-hybridized carbons (Fsp3) is 0.533. The average Bonchev–Trinajstić information content (AvgIpc) is 2.22. The van der Waals surface area contributed by atoms with Gasteiger partial charge in [-0.1, -0.05) is 6.07 Å². The van der Waals surface area contributed by atoms with Crippen LogP contribution in [0.5, 0.6) is 5.75 Å². The second-order valence-corrected chi connectivity index (χ2v) is 5.58. The number of ether oxygens (including phenoxy) is 1. The number of carbonyl (C=O) groups is 1. The molecule has 1 spiro atoms. The SMILES string of the molecule is Cc1cc(C)c2c(c1C)OC1(CCC1)CC2=O. The molecular weight excluding hydrogens is 212 g/mol. The molecule has 0 bridgehead atoms. The van der Waals surface area contributed by atoms with Crippen molar-refractivity contribution in [3.05, 3.63) is 28.3 Å². The van der Waals surface area contributed by atoms with Crippen molar-refractivity contribution in [1.82, 2.24) is 0 Å². The normalized spacial score (nSPS) is 20.8. The van der Waals surface area contributed by atoms with E-state index in [1.165, 1.54) is 12.0 Å². The van der Waals surface area contributed by atoms with E-state index in [1.54, 1.807) is 0 Å². The predicted molar refractivity (Wildman–Crippen MR) is 66.8 cm³/mol. The average molecular weight is 230 g/mol. The van der Waals surface area contributed by atoms with E-state index in [9.17, 15) is 4.79 Å². The Morgan fingerprint density at radius 3 is 2.47 bits per heavy atom. The van der Waals surface area contributed by atoms with Crippen molar-refractivity contribution in [3.63, 3.8) is 0 Å². The molecule has 1 aliphatic carbocycles. The number of Topliss-reactive ketones (excluding diaryl/α,β-unsaturated/α-hetero) is 1. The quantitative estimate of drug-likeness (QED) is 0.682. The topological polar surface area (TPSA) is 26.3 Å². The molecule has 1 fully saturated rings. The van der Waals surface area contributed by atoms with Crippen molar-refractivity contribution in [2.45, 2.75) is 52.1 Å². The van der Waals surface area contributed by atoms with Gasteiger partial charge in [0.25, 0.3) is 0 Å². The Balaban J connectivity index is 2.18. The van der Waals surface area contributed by atoms with Crippen LogP contribution in [0.1, 0.15) is 52.7 Å². The van der Waals surface area contributed by atoms with E-state index in [0.29, 0.717) is 6.42 Å². The first kappa shape index (κ1) is 10.8. The lowest BCUT2D eigenvalue weighted by atomic mass is 9.73. The molecule has 2 aliphatic rings. The fourth-order valence-electron chi connectivity index (χ4n) is 3.01. The third-order valence-corrected chi connectivity index (χ3v) is 4.33. The molecule has 3 rings (SSSR count). The Morgan fingerprint density at radius 1 is 1.18 bits per heavy atom. The van der Waals surface area contributed by atoms with Gasteiger partial charge in [0.1, 0.15) is 11.4 Å². The van der Waals surface area contributed by atoms with Gasteiger partial charge in [-0.05, 0) is 56.7 Å². The maximum Gasteiger partial charge on any atom is 0.170 e. The molecule has 1 aromatic rings. The highest BCUT2D eigenvalue weighted by Gasteiger charge is 2.46. The van der Waals surface area contributed by atoms with Gasteiger partial charge in [-0.3, -0.25) is 4.79 Å². The molecule has 2 nitrogen and oxygen atoms in total. The molecule has 0 aromatic heterocycles. The number of aryl methyl sites for hydroxylation is 2. The van der Waals surface area contributed by atoms with Crippen LogP contribution < -0.4 is 4.74 Å². The van der Waals surface area contributed by atoms with Gasteiger partial charge >= 0.3 is 0 Å². The standard InChI is InChI=1S/C15H18O2/c1-9-7-10(2)13-12(16)8-15(5-4-6-15)17-14(13)11(9)3/h7H,4-6,8H2,1-3H3. The Morgan fingerprint density at radius 2 is 1.88 bits per heavy atom. The summed E-state index contributed by atoms with van der Waals surface area (Å²) in [5, 5.41) is 0. The van der Waals surface area contributed by atoms with Crippen LogP contribution in [0.4, 0.5) is 0 Å². The molecular formula is C15H18O2. The summed E-state index contributed by atoms with van der Waals surface area (Å²) in [6.45, 7) is 6.14. The lowest BCUT2D eigenvalue weighted by molar-refractivity contribution is -0.0184. The molecule has 1 saturated carbocycles. The number of ketones is 1. The second-order valence-electron chi connectivity index (χ2n) is 5.58. The third-order valence-electron chi connectivity index (χ3n) is 4.33. The van der Waals surface area contributed by atoms with E-state index in [0.717, 1.165) is 35.3 Å². The molecule has 1 aromatic carbocycles. The van der Waals surface area contributed by atoms with Gasteiger partial charge in [0.2, 0.25) is 0 Å². The van der Waals surface area contributed by atoms with Crippen molar-refractivity contribution < 1.29 is 9.53 Å². The van der Waals surface area contributed by atoms with Crippen molar-refractivity contribution in [1.29, 1.82) is 0 Å². The summed E-state index contributed by atoms with van der Waals surface area (Å²) < 4.78 is 6.20. The van der Waals surface area contributed by atoms with Crippen molar-refractivity contribution >= 4 is 5.78 Å². The summed E-state index contributed by atoms with van der Waals surface area (Å²) in [4.78, 5) is 12.3. The number of rotatable bonds is 0. The summed E-state index contributed by atoms with van der Waals surface area (Å²) in [6.07, 6.45) is 3.82. The number of benzene rings is 1. The van der Waals surface area contributed by atoms with E-state index < -0.39 is 0 Å². The van der Waals surface area contributed by atoms with Crippen LogP contribution in [0.2, 0.25) is 0 Å². The van der Waals surface area contributed by atoms with Gasteiger partial charge in [0.05, 0.1) is 12.0 Å². The van der Waals surface area contributed by atoms with Crippen molar-refractivity contribution in [2.24, 2.45) is 0 Å². The van der Waals surface area contributed by atoms with Crippen LogP contribution in [-0.4, -0.2) is 11.4 Å². The van der Waals surface area contributed by atoms with Gasteiger partial charge in [-0.25, -0.2) is 0 Å². The van der Waals surface area contributed by atoms with Gasteiger partial charge in [-0.2, -0.15) is 0 Å². The molecule has 1 heterocycles. The lowest BCUT2D eigenvalue weighted by Gasteiger charge is -2.45. The first-order valence-electron chi connectivity index (χ1n) is 6.35. The van der Waals surface area contributed by atoms with Crippen LogP contribution in [0, 0.1) is 20.8 Å². The summed E-state index contributed by atoms with van der Waals surface area (Å²) in [6, 6.07) is 2.09. The molecule has 90 valence electrons. The Kier molecular flexibility index (Phi) is 2.13.